The van der Waals surface area contributed by atoms with Crippen molar-refractivity contribution in [3.8, 4) is 11.5 Å². The zero-order chi connectivity index (χ0) is 18.6. The highest BCUT2D eigenvalue weighted by Gasteiger charge is 2.31. The van der Waals surface area contributed by atoms with Crippen LogP contribution in [0.5, 0.6) is 11.5 Å². The SMILES string of the molecule is COC(=O)C(C)Sc1ccc(Oc2ccc(C(F)(F)F)cc2Cl)cc1. The predicted molar refractivity (Wildman–Crippen MR) is 90.3 cm³/mol. The molecule has 0 bridgehead atoms. The minimum absolute atomic E-state index is 0.123. The van der Waals surface area contributed by atoms with E-state index >= 15 is 0 Å². The van der Waals surface area contributed by atoms with Gasteiger partial charge in [0.05, 0.1) is 17.7 Å². The van der Waals surface area contributed by atoms with Crippen LogP contribution in [0.1, 0.15) is 12.5 Å². The van der Waals surface area contributed by atoms with Crippen molar-refractivity contribution in [3.63, 3.8) is 0 Å². The highest BCUT2D eigenvalue weighted by molar-refractivity contribution is 8.00. The summed E-state index contributed by atoms with van der Waals surface area (Å²) in [6.45, 7) is 1.73. The summed E-state index contributed by atoms with van der Waals surface area (Å²) in [5.41, 5.74) is -0.839. The van der Waals surface area contributed by atoms with Gasteiger partial charge in [0.1, 0.15) is 16.7 Å². The number of carbonyl (C=O) groups excluding carboxylic acids is 1. The van der Waals surface area contributed by atoms with Crippen LogP contribution >= 0.6 is 23.4 Å². The second-order valence-electron chi connectivity index (χ2n) is 5.00. The smallest absolute Gasteiger partial charge is 0.416 e. The second-order valence-corrected chi connectivity index (χ2v) is 6.82. The van der Waals surface area contributed by atoms with Crippen molar-refractivity contribution in [2.45, 2.75) is 23.2 Å². The fourth-order valence-corrected chi connectivity index (χ4v) is 3.00. The van der Waals surface area contributed by atoms with E-state index < -0.39 is 11.7 Å². The van der Waals surface area contributed by atoms with Crippen LogP contribution < -0.4 is 4.74 Å². The van der Waals surface area contributed by atoms with E-state index in [0.29, 0.717) is 5.75 Å². The molecule has 0 fully saturated rings. The number of carbonyl (C=O) groups is 1. The van der Waals surface area contributed by atoms with Crippen LogP contribution in [-0.2, 0) is 15.7 Å². The Bertz CT molecular complexity index is 748. The maximum Gasteiger partial charge on any atom is 0.416 e. The molecule has 2 aromatic rings. The standard InChI is InChI=1S/C17H14ClF3O3S/c1-10(16(22)23-2)25-13-6-4-12(5-7-13)24-15-8-3-11(9-14(15)18)17(19,20)21/h3-10H,1-2H3. The van der Waals surface area contributed by atoms with Crippen LogP contribution in [0.15, 0.2) is 47.4 Å². The predicted octanol–water partition coefficient (Wildman–Crippen LogP) is 5.80. The Hall–Kier alpha value is -1.86. The van der Waals surface area contributed by atoms with Gasteiger partial charge < -0.3 is 9.47 Å². The molecule has 25 heavy (non-hydrogen) atoms. The maximum atomic E-state index is 12.6. The van der Waals surface area contributed by atoms with Gasteiger partial charge in [-0.15, -0.1) is 11.8 Å². The number of esters is 1. The lowest BCUT2D eigenvalue weighted by Gasteiger charge is -2.12. The minimum Gasteiger partial charge on any atom is -0.468 e. The molecule has 2 rings (SSSR count). The Morgan fingerprint density at radius 2 is 1.80 bits per heavy atom. The van der Waals surface area contributed by atoms with Gasteiger partial charge in [-0.3, -0.25) is 4.79 Å². The molecular weight excluding hydrogens is 377 g/mol. The number of hydrogen-bond donors (Lipinski definition) is 0. The molecule has 0 saturated heterocycles. The fourth-order valence-electron chi connectivity index (χ4n) is 1.89. The van der Waals surface area contributed by atoms with Gasteiger partial charge >= 0.3 is 12.1 Å². The summed E-state index contributed by atoms with van der Waals surface area (Å²) in [5.74, 6) is 0.205. The lowest BCUT2D eigenvalue weighted by atomic mass is 10.2. The molecule has 0 aromatic heterocycles. The van der Waals surface area contributed by atoms with Crippen LogP contribution in [0.2, 0.25) is 5.02 Å². The van der Waals surface area contributed by atoms with Gasteiger partial charge in [-0.2, -0.15) is 13.2 Å². The van der Waals surface area contributed by atoms with E-state index in [-0.39, 0.29) is 22.0 Å². The Labute approximate surface area is 152 Å². The number of rotatable bonds is 5. The molecule has 1 unspecified atom stereocenters. The van der Waals surface area contributed by atoms with Crippen LogP contribution in [0, 0.1) is 0 Å². The molecule has 0 heterocycles. The molecule has 1 atom stereocenters. The number of methoxy groups -OCH3 is 1. The normalized spacial score (nSPS) is 12.6. The van der Waals surface area contributed by atoms with Crippen molar-refractivity contribution in [2.75, 3.05) is 7.11 Å². The zero-order valence-corrected chi connectivity index (χ0v) is 14.8. The molecule has 0 saturated carbocycles. The van der Waals surface area contributed by atoms with Crippen molar-refractivity contribution in [2.24, 2.45) is 0 Å². The fraction of sp³-hybridized carbons (Fsp3) is 0.235. The molecule has 0 amide bonds. The summed E-state index contributed by atoms with van der Waals surface area (Å²) in [6, 6.07) is 9.64. The van der Waals surface area contributed by atoms with Crippen LogP contribution in [0.3, 0.4) is 0 Å². The summed E-state index contributed by atoms with van der Waals surface area (Å²) in [4.78, 5) is 12.2. The monoisotopic (exact) mass is 390 g/mol. The van der Waals surface area contributed by atoms with E-state index in [1.807, 2.05) is 0 Å². The largest absolute Gasteiger partial charge is 0.468 e. The quantitative estimate of drug-likeness (QED) is 0.477. The van der Waals surface area contributed by atoms with Gasteiger partial charge in [0.25, 0.3) is 0 Å². The summed E-state index contributed by atoms with van der Waals surface area (Å²) in [6.07, 6.45) is -4.46. The highest BCUT2D eigenvalue weighted by Crippen LogP contribution is 2.36. The summed E-state index contributed by atoms with van der Waals surface area (Å²) in [7, 11) is 1.32. The van der Waals surface area contributed by atoms with Crippen molar-refractivity contribution in [1.82, 2.24) is 0 Å². The van der Waals surface area contributed by atoms with Gasteiger partial charge in [0.2, 0.25) is 0 Å². The highest BCUT2D eigenvalue weighted by atomic mass is 35.5. The molecule has 0 N–H and O–H groups in total. The van der Waals surface area contributed by atoms with E-state index in [0.717, 1.165) is 17.0 Å². The van der Waals surface area contributed by atoms with Crippen LogP contribution in [0.25, 0.3) is 0 Å². The zero-order valence-electron chi connectivity index (χ0n) is 13.3. The van der Waals surface area contributed by atoms with E-state index in [4.69, 9.17) is 16.3 Å². The first kappa shape index (κ1) is 19.5. The van der Waals surface area contributed by atoms with Crippen LogP contribution in [-0.4, -0.2) is 18.3 Å². The average molecular weight is 391 g/mol. The Morgan fingerprint density at radius 1 is 1.16 bits per heavy atom. The van der Waals surface area contributed by atoms with Crippen LogP contribution in [0.4, 0.5) is 13.2 Å². The number of halogens is 4. The molecular formula is C17H14ClF3O3S. The molecule has 0 spiro atoms. The Kier molecular flexibility index (Phi) is 6.24. The van der Waals surface area contributed by atoms with Gasteiger partial charge in [-0.05, 0) is 49.4 Å². The molecule has 2 aromatic carbocycles. The molecule has 3 nitrogen and oxygen atoms in total. The molecule has 134 valence electrons. The maximum absolute atomic E-state index is 12.6. The third kappa shape index (κ3) is 5.31. The Morgan fingerprint density at radius 3 is 2.32 bits per heavy atom. The summed E-state index contributed by atoms with van der Waals surface area (Å²) < 4.78 is 48.0. The molecule has 0 aliphatic rings. The van der Waals surface area contributed by atoms with Gasteiger partial charge in [0.15, 0.2) is 0 Å². The number of alkyl halides is 3. The lowest BCUT2D eigenvalue weighted by Crippen LogP contribution is -2.14. The molecule has 8 heteroatoms. The van der Waals surface area contributed by atoms with E-state index in [1.165, 1.54) is 24.9 Å². The van der Waals surface area contributed by atoms with Crippen molar-refractivity contribution in [1.29, 1.82) is 0 Å². The first-order chi connectivity index (χ1) is 11.7. The topological polar surface area (TPSA) is 35.5 Å². The number of benzene rings is 2. The number of thioether (sulfide) groups is 1. The summed E-state index contributed by atoms with van der Waals surface area (Å²) >= 11 is 7.17. The van der Waals surface area contributed by atoms with Crippen molar-refractivity contribution in [3.05, 3.63) is 53.1 Å². The molecule has 0 radical (unpaired) electrons. The Balaban J connectivity index is 2.08. The lowest BCUT2D eigenvalue weighted by molar-refractivity contribution is -0.139. The van der Waals surface area contributed by atoms with Gasteiger partial charge in [-0.1, -0.05) is 11.6 Å². The van der Waals surface area contributed by atoms with E-state index in [2.05, 4.69) is 4.74 Å². The second kappa shape index (κ2) is 8.01. The van der Waals surface area contributed by atoms with Crippen molar-refractivity contribution >= 4 is 29.3 Å². The third-order valence-corrected chi connectivity index (χ3v) is 4.54. The average Bonchev–Trinajstić information content (AvgIpc) is 2.56. The van der Waals surface area contributed by atoms with Gasteiger partial charge in [-0.25, -0.2) is 0 Å². The van der Waals surface area contributed by atoms with E-state index in [1.54, 1.807) is 31.2 Å². The molecule has 0 aliphatic carbocycles. The number of hydrogen-bond acceptors (Lipinski definition) is 4. The van der Waals surface area contributed by atoms with E-state index in [9.17, 15) is 18.0 Å². The third-order valence-electron chi connectivity index (χ3n) is 3.16. The number of ether oxygens (including phenoxy) is 2. The first-order valence-corrected chi connectivity index (χ1v) is 8.35. The molecule has 0 aliphatic heterocycles. The van der Waals surface area contributed by atoms with Gasteiger partial charge in [0, 0.05) is 4.90 Å². The van der Waals surface area contributed by atoms with Crippen molar-refractivity contribution < 1.29 is 27.4 Å². The first-order valence-electron chi connectivity index (χ1n) is 7.10. The minimum atomic E-state index is -4.46. The summed E-state index contributed by atoms with van der Waals surface area (Å²) in [5, 5.41) is -0.492.